The van der Waals surface area contributed by atoms with Gasteiger partial charge in [0.2, 0.25) is 0 Å². The van der Waals surface area contributed by atoms with Crippen molar-refractivity contribution in [1.29, 1.82) is 0 Å². The highest BCUT2D eigenvalue weighted by atomic mass is 16.6. The standard InChI is InChI=1S/C15H25N3O2/c1-6-17-11-16-9-12(17)15(5)7-8-18(10-15)13(19)20-14(2,3)4/h9,11H,6-8,10H2,1-5H3. The molecule has 2 heterocycles. The van der Waals surface area contributed by atoms with Crippen molar-refractivity contribution in [1.82, 2.24) is 14.5 Å². The molecule has 1 amide bonds. The third-order valence-electron chi connectivity index (χ3n) is 3.80. The van der Waals surface area contributed by atoms with Crippen molar-refractivity contribution in [3.8, 4) is 0 Å². The summed E-state index contributed by atoms with van der Waals surface area (Å²) >= 11 is 0. The van der Waals surface area contributed by atoms with Crippen molar-refractivity contribution in [2.24, 2.45) is 0 Å². The number of carbonyl (C=O) groups excluding carboxylic acids is 1. The smallest absolute Gasteiger partial charge is 0.410 e. The van der Waals surface area contributed by atoms with Crippen LogP contribution in [0.3, 0.4) is 0 Å². The Balaban J connectivity index is 2.10. The Bertz CT molecular complexity index is 490. The molecule has 1 unspecified atom stereocenters. The molecule has 0 N–H and O–H groups in total. The lowest BCUT2D eigenvalue weighted by Crippen LogP contribution is -2.37. The lowest BCUT2D eigenvalue weighted by Gasteiger charge is -2.27. The molecule has 2 rings (SSSR count). The van der Waals surface area contributed by atoms with Crippen LogP contribution < -0.4 is 0 Å². The minimum absolute atomic E-state index is 0.0383. The number of rotatable bonds is 2. The maximum atomic E-state index is 12.2. The van der Waals surface area contributed by atoms with E-state index >= 15 is 0 Å². The Morgan fingerprint density at radius 2 is 2.20 bits per heavy atom. The fraction of sp³-hybridized carbons (Fsp3) is 0.733. The molecule has 5 heteroatoms. The quantitative estimate of drug-likeness (QED) is 0.836. The van der Waals surface area contributed by atoms with Crippen LogP contribution in [0, 0.1) is 0 Å². The molecule has 1 aromatic heterocycles. The largest absolute Gasteiger partial charge is 0.444 e. The van der Waals surface area contributed by atoms with Crippen LogP contribution in [-0.4, -0.2) is 39.2 Å². The minimum Gasteiger partial charge on any atom is -0.444 e. The maximum Gasteiger partial charge on any atom is 0.410 e. The predicted octanol–water partition coefficient (Wildman–Crippen LogP) is 2.80. The van der Waals surface area contributed by atoms with Crippen LogP contribution in [0.4, 0.5) is 4.79 Å². The second-order valence-electron chi connectivity index (χ2n) is 6.78. The number of likely N-dealkylation sites (tertiary alicyclic amines) is 1. The molecule has 0 aromatic carbocycles. The number of ether oxygens (including phenoxy) is 1. The summed E-state index contributed by atoms with van der Waals surface area (Å²) in [5.41, 5.74) is 0.719. The highest BCUT2D eigenvalue weighted by molar-refractivity contribution is 5.68. The van der Waals surface area contributed by atoms with Crippen LogP contribution in [0.15, 0.2) is 12.5 Å². The van der Waals surface area contributed by atoms with Gasteiger partial charge in [0.15, 0.2) is 0 Å². The summed E-state index contributed by atoms with van der Waals surface area (Å²) < 4.78 is 7.60. The second-order valence-corrected chi connectivity index (χ2v) is 6.78. The summed E-state index contributed by atoms with van der Waals surface area (Å²) in [6, 6.07) is 0. The van der Waals surface area contributed by atoms with Gasteiger partial charge in [0, 0.05) is 36.9 Å². The van der Waals surface area contributed by atoms with Crippen LogP contribution in [0.25, 0.3) is 0 Å². The number of aromatic nitrogens is 2. The van der Waals surface area contributed by atoms with E-state index < -0.39 is 5.60 Å². The van der Waals surface area contributed by atoms with Gasteiger partial charge in [-0.15, -0.1) is 0 Å². The summed E-state index contributed by atoms with van der Waals surface area (Å²) in [4.78, 5) is 18.2. The van der Waals surface area contributed by atoms with Crippen molar-refractivity contribution >= 4 is 6.09 Å². The molecule has 1 saturated heterocycles. The van der Waals surface area contributed by atoms with E-state index in [1.165, 1.54) is 5.69 Å². The fourth-order valence-corrected chi connectivity index (χ4v) is 2.73. The highest BCUT2D eigenvalue weighted by Gasteiger charge is 2.40. The molecule has 1 aromatic rings. The Hall–Kier alpha value is -1.52. The number of carbonyl (C=O) groups is 1. The third kappa shape index (κ3) is 2.97. The number of imidazole rings is 1. The van der Waals surface area contributed by atoms with Crippen molar-refractivity contribution in [2.75, 3.05) is 13.1 Å². The molecule has 1 fully saturated rings. The van der Waals surface area contributed by atoms with E-state index in [2.05, 4.69) is 23.4 Å². The van der Waals surface area contributed by atoms with Crippen LogP contribution in [0.2, 0.25) is 0 Å². The molecule has 20 heavy (non-hydrogen) atoms. The summed E-state index contributed by atoms with van der Waals surface area (Å²) in [7, 11) is 0. The first-order valence-electron chi connectivity index (χ1n) is 7.24. The number of amides is 1. The van der Waals surface area contributed by atoms with E-state index in [1.807, 2.05) is 33.3 Å². The molecule has 0 radical (unpaired) electrons. The Morgan fingerprint density at radius 1 is 1.50 bits per heavy atom. The van der Waals surface area contributed by atoms with Gasteiger partial charge >= 0.3 is 6.09 Å². The van der Waals surface area contributed by atoms with Crippen molar-refractivity contribution in [3.63, 3.8) is 0 Å². The van der Waals surface area contributed by atoms with Crippen LogP contribution in [0.5, 0.6) is 0 Å². The molecule has 1 atom stereocenters. The zero-order valence-electron chi connectivity index (χ0n) is 13.1. The van der Waals surface area contributed by atoms with Crippen molar-refractivity contribution < 1.29 is 9.53 Å². The van der Waals surface area contributed by atoms with Gasteiger partial charge in [-0.05, 0) is 34.1 Å². The van der Waals surface area contributed by atoms with Gasteiger partial charge in [-0.2, -0.15) is 0 Å². The SMILES string of the molecule is CCn1cncc1C1(C)CCN(C(=O)OC(C)(C)C)C1. The Kier molecular flexibility index (Phi) is 3.80. The summed E-state index contributed by atoms with van der Waals surface area (Å²) in [5.74, 6) is 0. The number of hydrogen-bond acceptors (Lipinski definition) is 3. The van der Waals surface area contributed by atoms with Gasteiger partial charge in [0.05, 0.1) is 6.33 Å². The topological polar surface area (TPSA) is 47.4 Å². The van der Waals surface area contributed by atoms with E-state index in [-0.39, 0.29) is 11.5 Å². The first-order valence-corrected chi connectivity index (χ1v) is 7.24. The summed E-state index contributed by atoms with van der Waals surface area (Å²) in [6.45, 7) is 12.3. The van der Waals surface area contributed by atoms with Gasteiger partial charge in [-0.1, -0.05) is 6.92 Å². The Labute approximate surface area is 120 Å². The molecule has 1 aliphatic heterocycles. The number of aryl methyl sites for hydroxylation is 1. The number of hydrogen-bond donors (Lipinski definition) is 0. The van der Waals surface area contributed by atoms with Crippen molar-refractivity contribution in [3.05, 3.63) is 18.2 Å². The summed E-state index contributed by atoms with van der Waals surface area (Å²) in [5, 5.41) is 0. The molecule has 0 bridgehead atoms. The van der Waals surface area contributed by atoms with Crippen molar-refractivity contribution in [2.45, 2.75) is 58.6 Å². The molecular weight excluding hydrogens is 254 g/mol. The third-order valence-corrected chi connectivity index (χ3v) is 3.80. The zero-order valence-corrected chi connectivity index (χ0v) is 13.1. The molecule has 1 aliphatic rings. The first-order chi connectivity index (χ1) is 9.25. The number of nitrogens with zero attached hydrogens (tertiary/aromatic N) is 3. The predicted molar refractivity (Wildman–Crippen MR) is 77.7 cm³/mol. The van der Waals surface area contributed by atoms with E-state index in [9.17, 15) is 4.79 Å². The van der Waals surface area contributed by atoms with Crippen LogP contribution >= 0.6 is 0 Å². The lowest BCUT2D eigenvalue weighted by atomic mass is 9.86. The van der Waals surface area contributed by atoms with Gasteiger partial charge in [-0.25, -0.2) is 9.78 Å². The van der Waals surface area contributed by atoms with Gasteiger partial charge in [0.1, 0.15) is 5.60 Å². The summed E-state index contributed by atoms with van der Waals surface area (Å²) in [6.07, 6.45) is 4.50. The monoisotopic (exact) mass is 279 g/mol. The van der Waals surface area contributed by atoms with E-state index in [0.29, 0.717) is 6.54 Å². The van der Waals surface area contributed by atoms with Gasteiger partial charge in [-0.3, -0.25) is 0 Å². The van der Waals surface area contributed by atoms with E-state index in [4.69, 9.17) is 4.74 Å². The lowest BCUT2D eigenvalue weighted by molar-refractivity contribution is 0.0285. The van der Waals surface area contributed by atoms with E-state index in [1.54, 1.807) is 4.90 Å². The molecule has 0 spiro atoms. The van der Waals surface area contributed by atoms with Crippen LogP contribution in [-0.2, 0) is 16.7 Å². The molecule has 5 nitrogen and oxygen atoms in total. The van der Waals surface area contributed by atoms with Crippen LogP contribution in [0.1, 0.15) is 46.7 Å². The average molecular weight is 279 g/mol. The molecule has 0 saturated carbocycles. The fourth-order valence-electron chi connectivity index (χ4n) is 2.73. The minimum atomic E-state index is -0.443. The van der Waals surface area contributed by atoms with E-state index in [0.717, 1.165) is 19.5 Å². The second kappa shape index (κ2) is 5.11. The molecule has 112 valence electrons. The maximum absolute atomic E-state index is 12.2. The average Bonchev–Trinajstić information content (AvgIpc) is 2.93. The normalized spacial score (nSPS) is 23.1. The highest BCUT2D eigenvalue weighted by Crippen LogP contribution is 2.34. The molecule has 0 aliphatic carbocycles. The first kappa shape index (κ1) is 14.9. The molecular formula is C15H25N3O2. The van der Waals surface area contributed by atoms with Gasteiger partial charge in [0.25, 0.3) is 0 Å². The van der Waals surface area contributed by atoms with Gasteiger partial charge < -0.3 is 14.2 Å². The Morgan fingerprint density at radius 3 is 2.80 bits per heavy atom. The zero-order chi connectivity index (χ0) is 15.0.